The Hall–Kier alpha value is -3.65. The highest BCUT2D eigenvalue weighted by atomic mass is 16.4. The lowest BCUT2D eigenvalue weighted by Crippen LogP contribution is -2.16. The molecule has 0 bridgehead atoms. The van der Waals surface area contributed by atoms with Crippen molar-refractivity contribution in [2.24, 2.45) is 5.73 Å². The maximum absolute atomic E-state index is 12.5. The van der Waals surface area contributed by atoms with Gasteiger partial charge >= 0.3 is 5.63 Å². The molecule has 0 aliphatic heterocycles. The topological polar surface area (TPSA) is 97.1 Å². The predicted molar refractivity (Wildman–Crippen MR) is 90.0 cm³/mol. The van der Waals surface area contributed by atoms with E-state index in [1.165, 1.54) is 6.07 Å². The maximum atomic E-state index is 12.5. The summed E-state index contributed by atoms with van der Waals surface area (Å²) in [4.78, 5) is 24.6. The Kier molecular flexibility index (Phi) is 3.96. The van der Waals surface area contributed by atoms with Crippen LogP contribution in [-0.2, 0) is 0 Å². The summed E-state index contributed by atoms with van der Waals surface area (Å²) in [6.07, 6.45) is 0. The van der Waals surface area contributed by atoms with E-state index in [0.717, 1.165) is 0 Å². The van der Waals surface area contributed by atoms with Crippen molar-refractivity contribution in [2.45, 2.75) is 0 Å². The number of Topliss-reactive ketones (excluding diaryl/α,β-unsaturated/α-hetero) is 1. The van der Waals surface area contributed by atoms with Crippen molar-refractivity contribution in [3.05, 3.63) is 87.8 Å². The van der Waals surface area contributed by atoms with Gasteiger partial charge in [-0.15, -0.1) is 0 Å². The van der Waals surface area contributed by atoms with Gasteiger partial charge in [-0.2, -0.15) is 5.26 Å². The first-order valence-corrected chi connectivity index (χ1v) is 7.14. The van der Waals surface area contributed by atoms with Crippen molar-refractivity contribution in [3.8, 4) is 6.07 Å². The van der Waals surface area contributed by atoms with E-state index < -0.39 is 11.4 Å². The van der Waals surface area contributed by atoms with Crippen molar-refractivity contribution in [3.63, 3.8) is 0 Å². The number of carbonyl (C=O) groups excluding carboxylic acids is 1. The summed E-state index contributed by atoms with van der Waals surface area (Å²) in [5, 5.41) is 10.0. The Labute approximate surface area is 137 Å². The standard InChI is InChI=1S/C19H12N2O3/c20-11-15(18(22)12-6-2-1-3-7-12)17(21)14-10-13-8-4-5-9-16(13)24-19(14)23/h1-10H,21H2. The summed E-state index contributed by atoms with van der Waals surface area (Å²) in [5.41, 5.74) is 5.51. The molecule has 0 aliphatic carbocycles. The molecule has 3 aromatic rings. The van der Waals surface area contributed by atoms with Gasteiger partial charge in [0.2, 0.25) is 5.78 Å². The summed E-state index contributed by atoms with van der Waals surface area (Å²) in [7, 11) is 0. The van der Waals surface area contributed by atoms with Crippen LogP contribution < -0.4 is 11.4 Å². The Morgan fingerprint density at radius 3 is 2.42 bits per heavy atom. The number of rotatable bonds is 3. The van der Waals surface area contributed by atoms with E-state index in [0.29, 0.717) is 16.5 Å². The quantitative estimate of drug-likeness (QED) is 0.347. The number of hydrogen-bond acceptors (Lipinski definition) is 5. The Morgan fingerprint density at radius 1 is 1.04 bits per heavy atom. The Bertz CT molecular complexity index is 1060. The molecule has 0 saturated heterocycles. The molecule has 5 heteroatoms. The lowest BCUT2D eigenvalue weighted by molar-refractivity contribution is 0.103. The molecule has 1 aromatic heterocycles. The number of nitrogens with zero attached hydrogens (tertiary/aromatic N) is 1. The first-order chi connectivity index (χ1) is 11.6. The van der Waals surface area contributed by atoms with Gasteiger partial charge in [0.1, 0.15) is 17.2 Å². The number of allylic oxidation sites excluding steroid dienone is 1. The number of carbonyl (C=O) groups is 1. The molecule has 0 spiro atoms. The van der Waals surface area contributed by atoms with Crippen molar-refractivity contribution < 1.29 is 9.21 Å². The van der Waals surface area contributed by atoms with Crippen LogP contribution in [0.2, 0.25) is 0 Å². The molecule has 2 N–H and O–H groups in total. The third-order valence-electron chi connectivity index (χ3n) is 3.58. The second kappa shape index (κ2) is 6.23. The predicted octanol–water partition coefficient (Wildman–Crippen LogP) is 2.87. The number of para-hydroxylation sites is 1. The third-order valence-corrected chi connectivity index (χ3v) is 3.58. The largest absolute Gasteiger partial charge is 0.422 e. The van der Waals surface area contributed by atoms with Crippen LogP contribution in [0.1, 0.15) is 15.9 Å². The van der Waals surface area contributed by atoms with E-state index in [4.69, 9.17) is 10.2 Å². The number of fused-ring (bicyclic) bond motifs is 1. The van der Waals surface area contributed by atoms with E-state index in [1.807, 2.05) is 0 Å². The van der Waals surface area contributed by atoms with Crippen LogP contribution in [0, 0.1) is 11.3 Å². The van der Waals surface area contributed by atoms with Gasteiger partial charge in [0, 0.05) is 10.9 Å². The van der Waals surface area contributed by atoms with Crippen LogP contribution >= 0.6 is 0 Å². The van der Waals surface area contributed by atoms with Crippen molar-refractivity contribution in [1.82, 2.24) is 0 Å². The average molecular weight is 316 g/mol. The van der Waals surface area contributed by atoms with Gasteiger partial charge in [-0.25, -0.2) is 4.79 Å². The zero-order chi connectivity index (χ0) is 17.1. The van der Waals surface area contributed by atoms with Gasteiger partial charge in [-0.1, -0.05) is 48.5 Å². The Balaban J connectivity index is 2.18. The van der Waals surface area contributed by atoms with E-state index in [-0.39, 0.29) is 16.8 Å². The number of nitriles is 1. The fourth-order valence-corrected chi connectivity index (χ4v) is 2.35. The second-order valence-corrected chi connectivity index (χ2v) is 5.08. The maximum Gasteiger partial charge on any atom is 0.345 e. The summed E-state index contributed by atoms with van der Waals surface area (Å²) in [5.74, 6) is -0.539. The summed E-state index contributed by atoms with van der Waals surface area (Å²) >= 11 is 0. The smallest absolute Gasteiger partial charge is 0.345 e. The van der Waals surface area contributed by atoms with Crippen molar-refractivity contribution in [1.29, 1.82) is 5.26 Å². The normalized spacial score (nSPS) is 11.6. The molecule has 0 unspecified atom stereocenters. The fraction of sp³-hybridized carbons (Fsp3) is 0. The fourth-order valence-electron chi connectivity index (χ4n) is 2.35. The molecule has 0 aliphatic rings. The Morgan fingerprint density at radius 2 is 1.71 bits per heavy atom. The number of ketones is 1. The molecule has 0 fully saturated rings. The first-order valence-electron chi connectivity index (χ1n) is 7.14. The first kappa shape index (κ1) is 15.3. The highest BCUT2D eigenvalue weighted by Gasteiger charge is 2.19. The molecule has 5 nitrogen and oxygen atoms in total. The van der Waals surface area contributed by atoms with Crippen LogP contribution in [0.5, 0.6) is 0 Å². The number of hydrogen-bond donors (Lipinski definition) is 1. The average Bonchev–Trinajstić information content (AvgIpc) is 2.62. The molecule has 1 heterocycles. The molecular formula is C19H12N2O3. The monoisotopic (exact) mass is 316 g/mol. The molecule has 3 rings (SSSR count). The molecule has 24 heavy (non-hydrogen) atoms. The highest BCUT2D eigenvalue weighted by molar-refractivity contribution is 6.15. The minimum absolute atomic E-state index is 0.00506. The molecule has 0 saturated carbocycles. The number of nitrogens with two attached hydrogens (primary N) is 1. The van der Waals surface area contributed by atoms with Gasteiger partial charge < -0.3 is 10.2 Å². The SMILES string of the molecule is N#CC(C(=O)c1ccccc1)=C(N)c1cc2ccccc2oc1=O. The second-order valence-electron chi connectivity index (χ2n) is 5.08. The van der Waals surface area contributed by atoms with E-state index >= 15 is 0 Å². The van der Waals surface area contributed by atoms with Crippen LogP contribution in [-0.4, -0.2) is 5.78 Å². The lowest BCUT2D eigenvalue weighted by atomic mass is 10.00. The lowest BCUT2D eigenvalue weighted by Gasteiger charge is -2.06. The van der Waals surface area contributed by atoms with Crippen LogP contribution in [0.3, 0.4) is 0 Å². The minimum atomic E-state index is -0.695. The van der Waals surface area contributed by atoms with Crippen molar-refractivity contribution >= 4 is 22.4 Å². The molecular weight excluding hydrogens is 304 g/mol. The molecule has 0 radical (unpaired) electrons. The zero-order valence-electron chi connectivity index (χ0n) is 12.5. The molecule has 116 valence electrons. The summed E-state index contributed by atoms with van der Waals surface area (Å²) < 4.78 is 5.20. The molecule has 2 aromatic carbocycles. The van der Waals surface area contributed by atoms with E-state index in [9.17, 15) is 14.9 Å². The van der Waals surface area contributed by atoms with Gasteiger partial charge in [0.05, 0.1) is 11.3 Å². The third kappa shape index (κ3) is 2.69. The van der Waals surface area contributed by atoms with Crippen LogP contribution in [0.4, 0.5) is 0 Å². The van der Waals surface area contributed by atoms with Crippen LogP contribution in [0.15, 0.2) is 75.4 Å². The van der Waals surface area contributed by atoms with E-state index in [2.05, 4.69) is 0 Å². The summed E-state index contributed by atoms with van der Waals surface area (Å²) in [6, 6.07) is 18.5. The summed E-state index contributed by atoms with van der Waals surface area (Å²) in [6.45, 7) is 0. The van der Waals surface area contributed by atoms with Gasteiger partial charge in [0.25, 0.3) is 0 Å². The zero-order valence-corrected chi connectivity index (χ0v) is 12.5. The highest BCUT2D eigenvalue weighted by Crippen LogP contribution is 2.19. The number of benzene rings is 2. The van der Waals surface area contributed by atoms with Gasteiger partial charge in [-0.3, -0.25) is 4.79 Å². The van der Waals surface area contributed by atoms with Crippen molar-refractivity contribution in [2.75, 3.05) is 0 Å². The van der Waals surface area contributed by atoms with E-state index in [1.54, 1.807) is 60.7 Å². The minimum Gasteiger partial charge on any atom is -0.422 e. The van der Waals surface area contributed by atoms with Gasteiger partial charge in [0.15, 0.2) is 0 Å². The molecule has 0 amide bonds. The van der Waals surface area contributed by atoms with Gasteiger partial charge in [-0.05, 0) is 12.1 Å². The molecule has 0 atom stereocenters. The van der Waals surface area contributed by atoms with Crippen LogP contribution in [0.25, 0.3) is 16.7 Å².